The molecule has 11 nitrogen and oxygen atoms in total. The maximum atomic E-state index is 14.3. The van der Waals surface area contributed by atoms with Gasteiger partial charge in [0.15, 0.2) is 0 Å². The Kier molecular flexibility index (Phi) is 9.50. The lowest BCUT2D eigenvalue weighted by atomic mass is 9.97. The number of anilines is 1. The number of aliphatic hydroxyl groups excluding tert-OH is 1. The van der Waals surface area contributed by atoms with Crippen molar-refractivity contribution >= 4 is 17.7 Å². The molecule has 2 unspecified atom stereocenters. The third-order valence-corrected chi connectivity index (χ3v) is 8.91. The molecule has 0 radical (unpaired) electrons. The van der Waals surface area contributed by atoms with Gasteiger partial charge in [-0.1, -0.05) is 19.1 Å². The maximum Gasteiger partial charge on any atom is 0.407 e. The fraction of sp³-hybridized carbons (Fsp3) is 0.581. The van der Waals surface area contributed by atoms with Crippen LogP contribution in [0.4, 0.5) is 14.9 Å². The molecule has 4 heterocycles. The van der Waals surface area contributed by atoms with Crippen LogP contribution in [0.5, 0.6) is 5.88 Å². The van der Waals surface area contributed by atoms with Gasteiger partial charge in [-0.25, -0.2) is 14.2 Å². The van der Waals surface area contributed by atoms with Crippen LogP contribution < -0.4 is 9.64 Å². The molecule has 4 atom stereocenters. The molecule has 0 spiro atoms. The summed E-state index contributed by atoms with van der Waals surface area (Å²) in [7, 11) is 0. The number of hydrogen-bond acceptors (Lipinski definition) is 8. The molecule has 2 saturated heterocycles. The molecule has 1 aromatic carbocycles. The molecular weight excluding hydrogens is 557 g/mol. The number of carbonyl (C=O) groups excluding carboxylic acids is 1. The molecule has 234 valence electrons. The molecule has 2 fully saturated rings. The Morgan fingerprint density at radius 2 is 1.91 bits per heavy atom. The first-order valence-corrected chi connectivity index (χ1v) is 15.0. The van der Waals surface area contributed by atoms with Gasteiger partial charge in [0.05, 0.1) is 26.4 Å². The second-order valence-corrected chi connectivity index (χ2v) is 12.1. The Hall–Kier alpha value is -3.32. The number of fused-ring (bicyclic) bond motifs is 1. The summed E-state index contributed by atoms with van der Waals surface area (Å²) in [6.07, 6.45) is 2.11. The third kappa shape index (κ3) is 6.77. The van der Waals surface area contributed by atoms with Crippen molar-refractivity contribution in [1.82, 2.24) is 19.7 Å². The van der Waals surface area contributed by atoms with Gasteiger partial charge < -0.3 is 24.6 Å². The van der Waals surface area contributed by atoms with Gasteiger partial charge >= 0.3 is 6.09 Å². The van der Waals surface area contributed by atoms with Gasteiger partial charge in [0.2, 0.25) is 11.8 Å². The molecular formula is C31H42FN5O6. The number of aliphatic hydroxyl groups is 1. The number of benzene rings is 1. The quantitative estimate of drug-likeness (QED) is 0.472. The first-order valence-electron chi connectivity index (χ1n) is 15.0. The van der Waals surface area contributed by atoms with E-state index in [4.69, 9.17) is 9.47 Å². The van der Waals surface area contributed by atoms with E-state index < -0.39 is 11.6 Å². The summed E-state index contributed by atoms with van der Waals surface area (Å²) < 4.78 is 25.0. The number of ether oxygens (including phenoxy) is 2. The zero-order valence-electron chi connectivity index (χ0n) is 25.1. The average Bonchev–Trinajstić information content (AvgIpc) is 2.99. The number of amides is 2. The molecule has 3 aliphatic heterocycles. The van der Waals surface area contributed by atoms with E-state index in [0.29, 0.717) is 44.3 Å². The Bertz CT molecular complexity index is 1300. The summed E-state index contributed by atoms with van der Waals surface area (Å²) in [5.74, 6) is -0.231. The van der Waals surface area contributed by atoms with Gasteiger partial charge in [-0.3, -0.25) is 19.5 Å². The van der Waals surface area contributed by atoms with E-state index in [1.807, 2.05) is 13.0 Å². The predicted octanol–water partition coefficient (Wildman–Crippen LogP) is 2.45. The number of carbonyl (C=O) groups is 2. The van der Waals surface area contributed by atoms with E-state index >= 15 is 0 Å². The minimum Gasteiger partial charge on any atom is -0.474 e. The zero-order chi connectivity index (χ0) is 30.7. The van der Waals surface area contributed by atoms with Crippen LogP contribution in [0.2, 0.25) is 0 Å². The lowest BCUT2D eigenvalue weighted by Gasteiger charge is -2.48. The minimum atomic E-state index is -1.03. The van der Waals surface area contributed by atoms with Crippen molar-refractivity contribution in [2.45, 2.75) is 57.3 Å². The smallest absolute Gasteiger partial charge is 0.407 e. The Balaban J connectivity index is 1.41. The van der Waals surface area contributed by atoms with Crippen LogP contribution in [-0.2, 0) is 16.0 Å². The summed E-state index contributed by atoms with van der Waals surface area (Å²) >= 11 is 0. The van der Waals surface area contributed by atoms with Crippen LogP contribution in [0.25, 0.3) is 0 Å². The topological polar surface area (TPSA) is 119 Å². The molecule has 43 heavy (non-hydrogen) atoms. The number of rotatable bonds is 8. The fourth-order valence-corrected chi connectivity index (χ4v) is 6.38. The van der Waals surface area contributed by atoms with Gasteiger partial charge in [0.25, 0.3) is 0 Å². The van der Waals surface area contributed by atoms with Gasteiger partial charge in [-0.15, -0.1) is 0 Å². The van der Waals surface area contributed by atoms with E-state index in [0.717, 1.165) is 24.1 Å². The highest BCUT2D eigenvalue weighted by molar-refractivity contribution is 5.98. The number of piperazine rings is 1. The number of aromatic nitrogens is 1. The normalized spacial score (nSPS) is 26.6. The van der Waals surface area contributed by atoms with Crippen molar-refractivity contribution in [3.8, 4) is 5.88 Å². The zero-order valence-corrected chi connectivity index (χ0v) is 25.1. The number of hydrogen-bond donors (Lipinski definition) is 2. The fourth-order valence-electron chi connectivity index (χ4n) is 6.38. The monoisotopic (exact) mass is 599 g/mol. The number of carboxylic acid groups (broad SMARTS) is 1. The van der Waals surface area contributed by atoms with Crippen LogP contribution in [0.1, 0.15) is 38.3 Å². The molecule has 0 aliphatic carbocycles. The van der Waals surface area contributed by atoms with E-state index in [9.17, 15) is 24.2 Å². The summed E-state index contributed by atoms with van der Waals surface area (Å²) in [6.45, 7) is 8.86. The van der Waals surface area contributed by atoms with E-state index in [1.54, 1.807) is 30.2 Å². The van der Waals surface area contributed by atoms with Gasteiger partial charge in [0, 0.05) is 50.5 Å². The van der Waals surface area contributed by atoms with Crippen molar-refractivity contribution in [2.75, 3.05) is 64.1 Å². The molecule has 2 N–H and O–H groups in total. The van der Waals surface area contributed by atoms with Gasteiger partial charge in [-0.2, -0.15) is 0 Å². The van der Waals surface area contributed by atoms with Crippen molar-refractivity contribution in [2.24, 2.45) is 0 Å². The lowest BCUT2D eigenvalue weighted by Crippen LogP contribution is -2.66. The van der Waals surface area contributed by atoms with E-state index in [-0.39, 0.29) is 56.2 Å². The molecule has 5 rings (SSSR count). The van der Waals surface area contributed by atoms with Crippen LogP contribution >= 0.6 is 0 Å². The highest BCUT2D eigenvalue weighted by Gasteiger charge is 2.44. The molecule has 2 amide bonds. The van der Waals surface area contributed by atoms with Crippen LogP contribution in [0.15, 0.2) is 36.5 Å². The first kappa shape index (κ1) is 31.1. The number of halogens is 1. The highest BCUT2D eigenvalue weighted by atomic mass is 19.1. The second kappa shape index (κ2) is 13.1. The number of morpholine rings is 1. The van der Waals surface area contributed by atoms with Crippen LogP contribution in [0.3, 0.4) is 0 Å². The van der Waals surface area contributed by atoms with Gasteiger partial charge in [-0.05, 0) is 56.0 Å². The van der Waals surface area contributed by atoms with Crippen molar-refractivity contribution in [3.05, 3.63) is 53.5 Å². The first-order chi connectivity index (χ1) is 20.6. The lowest BCUT2D eigenvalue weighted by molar-refractivity contribution is -0.124. The molecule has 12 heteroatoms. The van der Waals surface area contributed by atoms with E-state index in [2.05, 4.69) is 21.7 Å². The van der Waals surface area contributed by atoms with Gasteiger partial charge in [0.1, 0.15) is 23.7 Å². The summed E-state index contributed by atoms with van der Waals surface area (Å²) in [6, 6.07) is 7.82. The average molecular weight is 600 g/mol. The van der Waals surface area contributed by atoms with Crippen molar-refractivity contribution in [3.63, 3.8) is 0 Å². The summed E-state index contributed by atoms with van der Waals surface area (Å²) in [5.41, 5.74) is 1.15. The highest BCUT2D eigenvalue weighted by Crippen LogP contribution is 2.38. The Morgan fingerprint density at radius 3 is 2.60 bits per heavy atom. The van der Waals surface area contributed by atoms with Crippen LogP contribution in [0, 0.1) is 5.82 Å². The van der Waals surface area contributed by atoms with Crippen molar-refractivity contribution < 1.29 is 33.7 Å². The Morgan fingerprint density at radius 1 is 1.14 bits per heavy atom. The molecule has 0 saturated carbocycles. The number of nitrogens with zero attached hydrogens (tertiary/aromatic N) is 5. The maximum absolute atomic E-state index is 14.3. The summed E-state index contributed by atoms with van der Waals surface area (Å²) in [4.78, 5) is 38.3. The molecule has 2 aromatic rings. The summed E-state index contributed by atoms with van der Waals surface area (Å²) in [5, 5.41) is 20.3. The largest absolute Gasteiger partial charge is 0.474 e. The predicted molar refractivity (Wildman–Crippen MR) is 158 cm³/mol. The minimum absolute atomic E-state index is 0.0425. The second-order valence-electron chi connectivity index (χ2n) is 12.1. The standard InChI is InChI=1S/C31H42FN5O6/c1-4-25-18-42-10-9-34(25)15-26-16-36(30(40)41)21(2)14-35(26)17-28(39)37-27-12-23(11-22-5-7-24(32)8-6-22)13-33-29(27)43-20-31(37,3)19-38/h5-8,12-13,21,25-26,38H,4,9-11,14-20H2,1-3H3,(H,40,41)/t21-,25?,26+,31?/m1/s1. The SMILES string of the molecule is CCC1COCCN1C[C@H]1CN(C(=O)O)[C@H](C)CN1CC(=O)N1c2cc(Cc3ccc(F)cc3)cnc2OCC1(C)CO. The third-order valence-electron chi connectivity index (χ3n) is 8.91. The van der Waals surface area contributed by atoms with Crippen LogP contribution in [-0.4, -0.2) is 125 Å². The Labute approximate surface area is 251 Å². The number of pyridine rings is 1. The molecule has 1 aromatic heterocycles. The van der Waals surface area contributed by atoms with E-state index in [1.165, 1.54) is 17.0 Å². The van der Waals surface area contributed by atoms with Crippen molar-refractivity contribution in [1.29, 1.82) is 0 Å². The molecule has 0 bridgehead atoms. The molecule has 3 aliphatic rings.